The first-order chi connectivity index (χ1) is 9.60. The van der Waals surface area contributed by atoms with Gasteiger partial charge in [-0.05, 0) is 36.6 Å². The summed E-state index contributed by atoms with van der Waals surface area (Å²) in [4.78, 5) is 11.5. The molecular formula is C17H18O3. The summed E-state index contributed by atoms with van der Waals surface area (Å²) in [5.74, 6) is -0.551. The van der Waals surface area contributed by atoms with Gasteiger partial charge in [0.25, 0.3) is 0 Å². The van der Waals surface area contributed by atoms with Gasteiger partial charge in [0.1, 0.15) is 5.75 Å². The molecule has 1 unspecified atom stereocenters. The van der Waals surface area contributed by atoms with Crippen LogP contribution in [0.15, 0.2) is 48.5 Å². The maximum atomic E-state index is 11.5. The second-order valence-corrected chi connectivity index (χ2v) is 4.85. The number of hydrogen-bond acceptors (Lipinski definition) is 2. The van der Waals surface area contributed by atoms with Crippen molar-refractivity contribution >= 4 is 5.97 Å². The first-order valence-corrected chi connectivity index (χ1v) is 6.52. The molecule has 0 spiro atoms. The predicted molar refractivity (Wildman–Crippen MR) is 78.3 cm³/mol. The molecule has 2 aromatic rings. The number of carboxylic acids is 1. The van der Waals surface area contributed by atoms with E-state index in [4.69, 9.17) is 4.74 Å². The summed E-state index contributed by atoms with van der Waals surface area (Å²) in [6.45, 7) is 1.99. The van der Waals surface area contributed by atoms with Crippen LogP contribution in [0.3, 0.4) is 0 Å². The van der Waals surface area contributed by atoms with E-state index in [-0.39, 0.29) is 0 Å². The average molecular weight is 270 g/mol. The fourth-order valence-corrected chi connectivity index (χ4v) is 2.14. The Bertz CT molecular complexity index is 570. The Balaban J connectivity index is 2.20. The van der Waals surface area contributed by atoms with Crippen molar-refractivity contribution in [2.45, 2.75) is 19.3 Å². The van der Waals surface area contributed by atoms with Crippen molar-refractivity contribution in [2.75, 3.05) is 7.11 Å². The van der Waals surface area contributed by atoms with E-state index in [1.165, 1.54) is 0 Å². The molecule has 1 atom stereocenters. The number of carbonyl (C=O) groups is 1. The topological polar surface area (TPSA) is 46.5 Å². The van der Waals surface area contributed by atoms with Gasteiger partial charge in [0, 0.05) is 0 Å². The van der Waals surface area contributed by atoms with Gasteiger partial charge in [-0.15, -0.1) is 0 Å². The van der Waals surface area contributed by atoms with Gasteiger partial charge >= 0.3 is 5.97 Å². The van der Waals surface area contributed by atoms with Crippen LogP contribution in [-0.4, -0.2) is 18.2 Å². The highest BCUT2D eigenvalue weighted by Gasteiger charge is 2.20. The number of aliphatic carboxylic acids is 1. The maximum absolute atomic E-state index is 11.5. The minimum absolute atomic E-state index is 0.475. The lowest BCUT2D eigenvalue weighted by Gasteiger charge is -2.13. The fourth-order valence-electron chi connectivity index (χ4n) is 2.14. The van der Waals surface area contributed by atoms with Gasteiger partial charge < -0.3 is 9.84 Å². The van der Waals surface area contributed by atoms with Crippen molar-refractivity contribution in [3.8, 4) is 5.75 Å². The standard InChI is InChI=1S/C17H18O3/c1-12-3-7-14(8-4-12)16(17(18)19)11-13-5-9-15(20-2)10-6-13/h3-10,16H,11H2,1-2H3,(H,18,19). The van der Waals surface area contributed by atoms with Gasteiger partial charge in [-0.3, -0.25) is 4.79 Å². The quantitative estimate of drug-likeness (QED) is 0.905. The van der Waals surface area contributed by atoms with Crippen LogP contribution < -0.4 is 4.74 Å². The van der Waals surface area contributed by atoms with Crippen LogP contribution in [0.1, 0.15) is 22.6 Å². The third-order valence-electron chi connectivity index (χ3n) is 3.38. The number of benzene rings is 2. The van der Waals surface area contributed by atoms with Gasteiger partial charge in [0.2, 0.25) is 0 Å². The zero-order valence-corrected chi connectivity index (χ0v) is 11.7. The summed E-state index contributed by atoms with van der Waals surface area (Å²) in [7, 11) is 1.61. The normalized spacial score (nSPS) is 11.9. The van der Waals surface area contributed by atoms with Crippen molar-refractivity contribution in [1.29, 1.82) is 0 Å². The molecule has 0 aliphatic heterocycles. The molecule has 0 aromatic heterocycles. The molecule has 0 saturated carbocycles. The van der Waals surface area contributed by atoms with Crippen LogP contribution in [0.4, 0.5) is 0 Å². The van der Waals surface area contributed by atoms with Gasteiger partial charge in [-0.25, -0.2) is 0 Å². The molecule has 2 aromatic carbocycles. The Hall–Kier alpha value is -2.29. The lowest BCUT2D eigenvalue weighted by molar-refractivity contribution is -0.138. The average Bonchev–Trinajstić information content (AvgIpc) is 2.46. The summed E-state index contributed by atoms with van der Waals surface area (Å²) in [5.41, 5.74) is 2.94. The molecular weight excluding hydrogens is 252 g/mol. The van der Waals surface area contributed by atoms with Crippen molar-refractivity contribution in [3.05, 3.63) is 65.2 Å². The van der Waals surface area contributed by atoms with E-state index in [0.29, 0.717) is 6.42 Å². The first-order valence-electron chi connectivity index (χ1n) is 6.52. The summed E-state index contributed by atoms with van der Waals surface area (Å²) in [6.07, 6.45) is 0.475. The summed E-state index contributed by atoms with van der Waals surface area (Å²) in [5, 5.41) is 9.43. The van der Waals surface area contributed by atoms with Gasteiger partial charge in [0.05, 0.1) is 13.0 Å². The van der Waals surface area contributed by atoms with Crippen LogP contribution in [-0.2, 0) is 11.2 Å². The van der Waals surface area contributed by atoms with E-state index in [1.54, 1.807) is 7.11 Å². The highest BCUT2D eigenvalue weighted by molar-refractivity contribution is 5.76. The summed E-state index contributed by atoms with van der Waals surface area (Å²) >= 11 is 0. The minimum atomic E-state index is -0.801. The van der Waals surface area contributed by atoms with E-state index in [0.717, 1.165) is 22.4 Å². The molecule has 0 radical (unpaired) electrons. The number of hydrogen-bond donors (Lipinski definition) is 1. The van der Waals surface area contributed by atoms with E-state index in [2.05, 4.69) is 0 Å². The van der Waals surface area contributed by atoms with Crippen molar-refractivity contribution in [1.82, 2.24) is 0 Å². The zero-order valence-electron chi connectivity index (χ0n) is 11.7. The van der Waals surface area contributed by atoms with Crippen LogP contribution in [0.5, 0.6) is 5.75 Å². The van der Waals surface area contributed by atoms with Gasteiger partial charge in [0.15, 0.2) is 0 Å². The lowest BCUT2D eigenvalue weighted by atomic mass is 9.91. The molecule has 0 aliphatic carbocycles. The third-order valence-corrected chi connectivity index (χ3v) is 3.38. The molecule has 3 nitrogen and oxygen atoms in total. The minimum Gasteiger partial charge on any atom is -0.497 e. The van der Waals surface area contributed by atoms with Crippen molar-refractivity contribution in [3.63, 3.8) is 0 Å². The molecule has 1 N–H and O–H groups in total. The molecule has 3 heteroatoms. The Labute approximate surface area is 118 Å². The maximum Gasteiger partial charge on any atom is 0.311 e. The third kappa shape index (κ3) is 3.38. The Morgan fingerprint density at radius 2 is 1.70 bits per heavy atom. The van der Waals surface area contributed by atoms with E-state index < -0.39 is 11.9 Å². The van der Waals surface area contributed by atoms with Crippen LogP contribution >= 0.6 is 0 Å². The molecule has 0 fully saturated rings. The SMILES string of the molecule is COc1ccc(CC(C(=O)O)c2ccc(C)cc2)cc1. The van der Waals surface area contributed by atoms with E-state index in [1.807, 2.05) is 55.5 Å². The number of carboxylic acid groups (broad SMARTS) is 1. The van der Waals surface area contributed by atoms with Crippen molar-refractivity contribution < 1.29 is 14.6 Å². The van der Waals surface area contributed by atoms with Crippen molar-refractivity contribution in [2.24, 2.45) is 0 Å². The smallest absolute Gasteiger partial charge is 0.311 e. The Morgan fingerprint density at radius 1 is 1.10 bits per heavy atom. The molecule has 0 amide bonds. The number of methoxy groups -OCH3 is 1. The summed E-state index contributed by atoms with van der Waals surface area (Å²) < 4.78 is 5.10. The van der Waals surface area contributed by atoms with Crippen LogP contribution in [0.2, 0.25) is 0 Å². The second-order valence-electron chi connectivity index (χ2n) is 4.85. The summed E-state index contributed by atoms with van der Waals surface area (Å²) in [6, 6.07) is 15.2. The van der Waals surface area contributed by atoms with Crippen LogP contribution in [0.25, 0.3) is 0 Å². The molecule has 0 heterocycles. The number of aryl methyl sites for hydroxylation is 1. The highest BCUT2D eigenvalue weighted by Crippen LogP contribution is 2.23. The van der Waals surface area contributed by atoms with E-state index >= 15 is 0 Å². The number of rotatable bonds is 5. The Kier molecular flexibility index (Phi) is 4.41. The molecule has 2 rings (SSSR count). The van der Waals surface area contributed by atoms with E-state index in [9.17, 15) is 9.90 Å². The zero-order chi connectivity index (χ0) is 14.5. The second kappa shape index (κ2) is 6.24. The predicted octanol–water partition coefficient (Wildman–Crippen LogP) is 3.41. The fraction of sp³-hybridized carbons (Fsp3) is 0.235. The van der Waals surface area contributed by atoms with Gasteiger partial charge in [-0.1, -0.05) is 42.0 Å². The highest BCUT2D eigenvalue weighted by atomic mass is 16.5. The Morgan fingerprint density at radius 3 is 2.20 bits per heavy atom. The number of ether oxygens (including phenoxy) is 1. The monoisotopic (exact) mass is 270 g/mol. The van der Waals surface area contributed by atoms with Crippen LogP contribution in [0, 0.1) is 6.92 Å². The largest absolute Gasteiger partial charge is 0.497 e. The first kappa shape index (κ1) is 14.1. The molecule has 0 saturated heterocycles. The molecule has 0 aliphatic rings. The molecule has 104 valence electrons. The molecule has 20 heavy (non-hydrogen) atoms. The lowest BCUT2D eigenvalue weighted by Crippen LogP contribution is -2.14. The molecule has 0 bridgehead atoms. The van der Waals surface area contributed by atoms with Gasteiger partial charge in [-0.2, -0.15) is 0 Å².